The molecule has 0 aliphatic carbocycles. The molecule has 33 heavy (non-hydrogen) atoms. The maximum Gasteiger partial charge on any atom is 0.342 e. The number of H-pyrrole nitrogens is 1. The topological polar surface area (TPSA) is 187 Å². The molecule has 2 rings (SSSR count). The molecule has 0 amide bonds. The van der Waals surface area contributed by atoms with Gasteiger partial charge in [0.2, 0.25) is 0 Å². The molecule has 15 heteroatoms. The van der Waals surface area contributed by atoms with Crippen molar-refractivity contribution in [3.63, 3.8) is 0 Å². The predicted octanol–water partition coefficient (Wildman–Crippen LogP) is -1.08. The second kappa shape index (κ2) is 11.2. The number of hydrogen-bond donors (Lipinski definition) is 4. The average molecular weight is 492 g/mol. The molecule has 2 unspecified atom stereocenters. The summed E-state index contributed by atoms with van der Waals surface area (Å²) in [7, 11) is -1.76. The van der Waals surface area contributed by atoms with E-state index < -0.39 is 68.0 Å². The number of hydrogen-bond acceptors (Lipinski definition) is 10. The molecule has 1 saturated heterocycles. The molecule has 1 aromatic heterocycles. The highest BCUT2D eigenvalue weighted by Crippen LogP contribution is 2.40. The number of nitrogens with one attached hydrogen (secondary N) is 3. The number of nitrogens with zero attached hydrogens (tertiary/aromatic N) is 1. The molecule has 1 aromatic rings. The van der Waals surface area contributed by atoms with Gasteiger partial charge >= 0.3 is 25.3 Å². The number of aliphatic hydroxyl groups excluding tert-OH is 1. The molecule has 1 fully saturated rings. The number of carbonyl (C=O) groups is 2. The maximum atomic E-state index is 13.3. The van der Waals surface area contributed by atoms with E-state index >= 15 is 0 Å². The van der Waals surface area contributed by atoms with Gasteiger partial charge in [0.05, 0.1) is 26.9 Å². The lowest BCUT2D eigenvalue weighted by molar-refractivity contribution is -0.142. The van der Waals surface area contributed by atoms with Crippen LogP contribution in [0.25, 0.3) is 0 Å². The van der Waals surface area contributed by atoms with Crippen LogP contribution in [0.3, 0.4) is 0 Å². The first-order chi connectivity index (χ1) is 15.4. The van der Waals surface area contributed by atoms with E-state index in [0.717, 1.165) is 18.8 Å². The third-order valence-electron chi connectivity index (χ3n) is 4.92. The predicted molar refractivity (Wildman–Crippen MR) is 113 cm³/mol. The van der Waals surface area contributed by atoms with Crippen molar-refractivity contribution < 1.29 is 38.0 Å². The first-order valence-corrected chi connectivity index (χ1v) is 11.6. The number of esters is 2. The Labute approximate surface area is 189 Å². The van der Waals surface area contributed by atoms with Gasteiger partial charge in [-0.15, -0.1) is 0 Å². The lowest BCUT2D eigenvalue weighted by Crippen LogP contribution is -2.42. The van der Waals surface area contributed by atoms with Crippen LogP contribution in [-0.2, 0) is 32.9 Å². The molecule has 1 aliphatic heterocycles. The Bertz CT molecular complexity index is 996. The van der Waals surface area contributed by atoms with Gasteiger partial charge in [-0.3, -0.25) is 28.5 Å². The molecule has 0 spiro atoms. The van der Waals surface area contributed by atoms with Crippen LogP contribution in [0.1, 0.15) is 32.1 Å². The van der Waals surface area contributed by atoms with Crippen molar-refractivity contribution in [3.05, 3.63) is 32.6 Å². The number of aryl methyl sites for hydroxylation is 1. The SMILES string of the molecule is COC(=O)C(C)NP(=O)(NC(C)C(=O)OC)OC[C@H]1O[C@@H](n2cc(C)c(=O)[nH]c2=O)C[C@@H]1O. The first-order valence-electron chi connectivity index (χ1n) is 10.0. The zero-order chi connectivity index (χ0) is 24.9. The molecule has 14 nitrogen and oxygen atoms in total. The van der Waals surface area contributed by atoms with Crippen molar-refractivity contribution >= 4 is 19.6 Å². The van der Waals surface area contributed by atoms with Gasteiger partial charge < -0.3 is 23.8 Å². The van der Waals surface area contributed by atoms with E-state index in [1.165, 1.54) is 27.0 Å². The fourth-order valence-corrected chi connectivity index (χ4v) is 4.91. The van der Waals surface area contributed by atoms with E-state index in [0.29, 0.717) is 0 Å². The van der Waals surface area contributed by atoms with Gasteiger partial charge in [-0.25, -0.2) is 15.0 Å². The second-order valence-corrected chi connectivity index (χ2v) is 9.38. The summed E-state index contributed by atoms with van der Waals surface area (Å²) < 4.78 is 34.8. The molecule has 2 heterocycles. The molecule has 0 radical (unpaired) electrons. The molecule has 0 aromatic carbocycles. The standard InChI is InChI=1S/C18H29N4O10P/c1-9-7-22(18(27)19-15(9)24)14-6-12(23)13(32-14)8-31-33(28,20-10(2)16(25)29-4)21-11(3)17(26)30-5/h7,10-14,23H,6,8H2,1-5H3,(H,19,24,27)(H2,20,21,28)/t10?,11?,12-,13+,14+,33?/m0/s1. The van der Waals surface area contributed by atoms with Crippen LogP contribution in [-0.4, -0.2) is 71.7 Å². The summed E-state index contributed by atoms with van der Waals surface area (Å²) in [6.45, 7) is 3.86. The van der Waals surface area contributed by atoms with Crippen LogP contribution < -0.4 is 21.4 Å². The molecule has 0 saturated carbocycles. The minimum Gasteiger partial charge on any atom is -0.468 e. The van der Waals surface area contributed by atoms with Crippen LogP contribution in [0.4, 0.5) is 0 Å². The van der Waals surface area contributed by atoms with Gasteiger partial charge in [-0.2, -0.15) is 0 Å². The highest BCUT2D eigenvalue weighted by Gasteiger charge is 2.39. The van der Waals surface area contributed by atoms with Crippen molar-refractivity contribution in [2.24, 2.45) is 0 Å². The molecular formula is C18H29N4O10P. The second-order valence-electron chi connectivity index (χ2n) is 7.51. The summed E-state index contributed by atoms with van der Waals surface area (Å²) in [5.41, 5.74) is -0.969. The Balaban J connectivity index is 2.15. The monoisotopic (exact) mass is 492 g/mol. The van der Waals surface area contributed by atoms with Gasteiger partial charge in [0.1, 0.15) is 24.4 Å². The number of methoxy groups -OCH3 is 2. The van der Waals surface area contributed by atoms with Crippen molar-refractivity contribution in [2.75, 3.05) is 20.8 Å². The average Bonchev–Trinajstić information content (AvgIpc) is 3.13. The van der Waals surface area contributed by atoms with Gasteiger partial charge in [0.25, 0.3) is 5.56 Å². The summed E-state index contributed by atoms with van der Waals surface area (Å²) in [6.07, 6.45) is -1.69. The lowest BCUT2D eigenvalue weighted by atomic mass is 10.2. The molecule has 186 valence electrons. The van der Waals surface area contributed by atoms with E-state index in [2.05, 4.69) is 24.6 Å². The summed E-state index contributed by atoms with van der Waals surface area (Å²) in [4.78, 5) is 49.3. The zero-order valence-electron chi connectivity index (χ0n) is 18.9. The first kappa shape index (κ1) is 26.9. The van der Waals surface area contributed by atoms with Crippen LogP contribution in [0.2, 0.25) is 0 Å². The van der Waals surface area contributed by atoms with E-state index in [-0.39, 0.29) is 12.0 Å². The zero-order valence-corrected chi connectivity index (χ0v) is 19.8. The highest BCUT2D eigenvalue weighted by atomic mass is 31.2. The number of carbonyl (C=O) groups excluding carboxylic acids is 2. The Morgan fingerprint density at radius 3 is 2.30 bits per heavy atom. The van der Waals surface area contributed by atoms with Crippen LogP contribution in [0.15, 0.2) is 15.8 Å². The maximum absolute atomic E-state index is 13.3. The minimum absolute atomic E-state index is 0.00169. The highest BCUT2D eigenvalue weighted by molar-refractivity contribution is 7.54. The van der Waals surface area contributed by atoms with E-state index in [1.54, 1.807) is 0 Å². The van der Waals surface area contributed by atoms with Crippen molar-refractivity contribution in [1.82, 2.24) is 19.7 Å². The normalized spacial score (nSPS) is 24.0. The fraction of sp³-hybridized carbons (Fsp3) is 0.667. The lowest BCUT2D eigenvalue weighted by Gasteiger charge is -2.26. The third-order valence-corrected chi connectivity index (χ3v) is 6.88. The Hall–Kier alpha value is -2.35. The van der Waals surface area contributed by atoms with E-state index in [4.69, 9.17) is 9.26 Å². The quantitative estimate of drug-likeness (QED) is 0.229. The van der Waals surface area contributed by atoms with Crippen LogP contribution in [0.5, 0.6) is 0 Å². The summed E-state index contributed by atoms with van der Waals surface area (Å²) in [5, 5.41) is 15.3. The van der Waals surface area contributed by atoms with Gasteiger partial charge in [0, 0.05) is 18.2 Å². The fourth-order valence-electron chi connectivity index (χ4n) is 3.09. The van der Waals surface area contributed by atoms with E-state index in [1.807, 2.05) is 0 Å². The molecule has 5 atom stereocenters. The Morgan fingerprint density at radius 1 is 1.24 bits per heavy atom. The Morgan fingerprint density at radius 2 is 1.79 bits per heavy atom. The van der Waals surface area contributed by atoms with Crippen LogP contribution >= 0.6 is 7.67 Å². The van der Waals surface area contributed by atoms with Crippen molar-refractivity contribution in [2.45, 2.75) is 57.7 Å². The van der Waals surface area contributed by atoms with Gasteiger partial charge in [-0.1, -0.05) is 0 Å². The minimum atomic E-state index is -4.07. The van der Waals surface area contributed by atoms with E-state index in [9.17, 15) is 28.8 Å². The molecule has 4 N–H and O–H groups in total. The Kier molecular flexibility index (Phi) is 9.12. The summed E-state index contributed by atoms with van der Waals surface area (Å²) in [5.74, 6) is -1.45. The van der Waals surface area contributed by atoms with Gasteiger partial charge in [-0.05, 0) is 20.8 Å². The number of aromatic amines is 1. The van der Waals surface area contributed by atoms with Crippen molar-refractivity contribution in [1.29, 1.82) is 0 Å². The number of ether oxygens (including phenoxy) is 3. The molecular weight excluding hydrogens is 463 g/mol. The van der Waals surface area contributed by atoms with Crippen molar-refractivity contribution in [3.8, 4) is 0 Å². The molecule has 1 aliphatic rings. The summed E-state index contributed by atoms with van der Waals surface area (Å²) >= 11 is 0. The van der Waals surface area contributed by atoms with Crippen LogP contribution in [0, 0.1) is 6.92 Å². The number of rotatable bonds is 10. The smallest absolute Gasteiger partial charge is 0.342 e. The summed E-state index contributed by atoms with van der Waals surface area (Å²) in [6, 6.07) is -2.13. The van der Waals surface area contributed by atoms with Gasteiger partial charge in [0.15, 0.2) is 0 Å². The largest absolute Gasteiger partial charge is 0.468 e. The number of aromatic nitrogens is 2. The third kappa shape index (κ3) is 6.82. The molecule has 0 bridgehead atoms. The number of aliphatic hydroxyl groups is 1.